The van der Waals surface area contributed by atoms with E-state index in [-0.39, 0.29) is 17.2 Å². The van der Waals surface area contributed by atoms with Crippen molar-refractivity contribution in [3.05, 3.63) is 46.1 Å². The second kappa shape index (κ2) is 5.10. The number of rotatable bonds is 2. The Morgan fingerprint density at radius 3 is 2.89 bits per heavy atom. The Hall–Kier alpha value is -2.00. The number of nitriles is 1. The van der Waals surface area contributed by atoms with E-state index < -0.39 is 5.82 Å². The van der Waals surface area contributed by atoms with Crippen LogP contribution >= 0.6 is 15.9 Å². The maximum absolute atomic E-state index is 13.6. The number of aromatic nitrogens is 2. The minimum Gasteiger partial charge on any atom is -0.434 e. The summed E-state index contributed by atoms with van der Waals surface area (Å²) in [4.78, 5) is 7.84. The summed E-state index contributed by atoms with van der Waals surface area (Å²) in [6.07, 6.45) is 1.34. The zero-order chi connectivity index (χ0) is 13.1. The minimum atomic E-state index is -0.537. The Balaban J connectivity index is 2.40. The van der Waals surface area contributed by atoms with E-state index >= 15 is 0 Å². The first-order valence-corrected chi connectivity index (χ1v) is 5.76. The van der Waals surface area contributed by atoms with Crippen molar-refractivity contribution in [2.45, 2.75) is 6.92 Å². The maximum atomic E-state index is 13.6. The number of nitrogens with zero attached hydrogens (tertiary/aromatic N) is 3. The van der Waals surface area contributed by atoms with Crippen molar-refractivity contribution in [3.63, 3.8) is 0 Å². The van der Waals surface area contributed by atoms with Crippen molar-refractivity contribution in [3.8, 4) is 17.7 Å². The summed E-state index contributed by atoms with van der Waals surface area (Å²) >= 11 is 3.15. The molecule has 2 aromatic rings. The molecule has 0 unspecified atom stereocenters. The lowest BCUT2D eigenvalue weighted by atomic mass is 10.3. The standard InChI is InChI=1S/C12H7BrFN3O/c1-7-16-6-8(5-15)12(17-7)18-11-3-2-9(13)4-10(11)14/h2-4,6H,1H3. The number of hydrogen-bond acceptors (Lipinski definition) is 4. The van der Waals surface area contributed by atoms with Gasteiger partial charge in [0.05, 0.1) is 6.20 Å². The molecule has 0 aliphatic carbocycles. The summed E-state index contributed by atoms with van der Waals surface area (Å²) in [7, 11) is 0. The molecule has 0 radical (unpaired) electrons. The van der Waals surface area contributed by atoms with Crippen LogP contribution in [0.25, 0.3) is 0 Å². The number of hydrogen-bond donors (Lipinski definition) is 0. The summed E-state index contributed by atoms with van der Waals surface area (Å²) in [6.45, 7) is 1.66. The average Bonchev–Trinajstić information content (AvgIpc) is 2.33. The van der Waals surface area contributed by atoms with Gasteiger partial charge in [-0.3, -0.25) is 0 Å². The molecule has 0 saturated heterocycles. The fourth-order valence-corrected chi connectivity index (χ4v) is 1.60. The molecule has 0 spiro atoms. The third kappa shape index (κ3) is 2.63. The quantitative estimate of drug-likeness (QED) is 0.853. The lowest BCUT2D eigenvalue weighted by Crippen LogP contribution is -1.97. The Morgan fingerprint density at radius 2 is 2.22 bits per heavy atom. The van der Waals surface area contributed by atoms with Crippen LogP contribution in [-0.2, 0) is 0 Å². The molecule has 2 rings (SSSR count). The Morgan fingerprint density at radius 1 is 1.44 bits per heavy atom. The molecule has 1 heterocycles. The molecule has 0 bridgehead atoms. The summed E-state index contributed by atoms with van der Waals surface area (Å²) in [6, 6.07) is 6.26. The van der Waals surface area contributed by atoms with Gasteiger partial charge in [0.2, 0.25) is 5.88 Å². The highest BCUT2D eigenvalue weighted by atomic mass is 79.9. The molecule has 0 atom stereocenters. The van der Waals surface area contributed by atoms with Crippen molar-refractivity contribution in [2.24, 2.45) is 0 Å². The summed E-state index contributed by atoms with van der Waals surface area (Å²) in [5.41, 5.74) is 0.155. The van der Waals surface area contributed by atoms with Crippen LogP contribution in [0.1, 0.15) is 11.4 Å². The molecule has 18 heavy (non-hydrogen) atoms. The molecular weight excluding hydrogens is 301 g/mol. The van der Waals surface area contributed by atoms with E-state index in [1.165, 1.54) is 18.3 Å². The minimum absolute atomic E-state index is 0.00722. The van der Waals surface area contributed by atoms with Crippen LogP contribution < -0.4 is 4.74 Å². The Kier molecular flexibility index (Phi) is 3.53. The van der Waals surface area contributed by atoms with E-state index in [0.29, 0.717) is 10.3 Å². The Bertz CT molecular complexity index is 640. The van der Waals surface area contributed by atoms with Crippen molar-refractivity contribution in [1.82, 2.24) is 9.97 Å². The van der Waals surface area contributed by atoms with E-state index in [4.69, 9.17) is 10.00 Å². The first-order valence-electron chi connectivity index (χ1n) is 4.97. The molecule has 0 fully saturated rings. The fourth-order valence-electron chi connectivity index (χ4n) is 1.27. The first-order chi connectivity index (χ1) is 8.60. The number of halogens is 2. The topological polar surface area (TPSA) is 58.8 Å². The summed E-state index contributed by atoms with van der Waals surface area (Å²) in [5.74, 6) is -0.0370. The van der Waals surface area contributed by atoms with E-state index in [2.05, 4.69) is 25.9 Å². The maximum Gasteiger partial charge on any atom is 0.240 e. The molecule has 90 valence electrons. The summed E-state index contributed by atoms with van der Waals surface area (Å²) in [5, 5.41) is 8.89. The molecule has 1 aromatic heterocycles. The molecule has 0 N–H and O–H groups in total. The van der Waals surface area contributed by atoms with E-state index in [1.54, 1.807) is 13.0 Å². The Labute approximate surface area is 111 Å². The van der Waals surface area contributed by atoms with Gasteiger partial charge in [-0.1, -0.05) is 15.9 Å². The van der Waals surface area contributed by atoms with Gasteiger partial charge in [0, 0.05) is 4.47 Å². The number of benzene rings is 1. The van der Waals surface area contributed by atoms with Crippen LogP contribution in [0.15, 0.2) is 28.9 Å². The predicted molar refractivity (Wildman–Crippen MR) is 65.7 cm³/mol. The molecule has 0 saturated carbocycles. The largest absolute Gasteiger partial charge is 0.434 e. The van der Waals surface area contributed by atoms with Crippen LogP contribution in [0.5, 0.6) is 11.6 Å². The molecule has 0 amide bonds. The zero-order valence-electron chi connectivity index (χ0n) is 9.32. The van der Waals surface area contributed by atoms with Gasteiger partial charge < -0.3 is 4.74 Å². The van der Waals surface area contributed by atoms with Crippen molar-refractivity contribution in [2.75, 3.05) is 0 Å². The average molecular weight is 308 g/mol. The highest BCUT2D eigenvalue weighted by molar-refractivity contribution is 9.10. The van der Waals surface area contributed by atoms with Gasteiger partial charge >= 0.3 is 0 Å². The number of ether oxygens (including phenoxy) is 1. The van der Waals surface area contributed by atoms with Crippen LogP contribution in [0, 0.1) is 24.1 Å². The lowest BCUT2D eigenvalue weighted by Gasteiger charge is -2.07. The van der Waals surface area contributed by atoms with Crippen molar-refractivity contribution >= 4 is 15.9 Å². The molecular formula is C12H7BrFN3O. The third-order valence-electron chi connectivity index (χ3n) is 2.10. The smallest absolute Gasteiger partial charge is 0.240 e. The third-order valence-corrected chi connectivity index (χ3v) is 2.59. The van der Waals surface area contributed by atoms with Gasteiger partial charge in [-0.2, -0.15) is 10.2 Å². The van der Waals surface area contributed by atoms with E-state index in [1.807, 2.05) is 6.07 Å². The SMILES string of the molecule is Cc1ncc(C#N)c(Oc2ccc(Br)cc2F)n1. The second-order valence-electron chi connectivity index (χ2n) is 3.42. The molecule has 6 heteroatoms. The van der Waals surface area contributed by atoms with Crippen LogP contribution in [0.3, 0.4) is 0 Å². The lowest BCUT2D eigenvalue weighted by molar-refractivity contribution is 0.423. The normalized spacial score (nSPS) is 9.89. The molecule has 4 nitrogen and oxygen atoms in total. The van der Waals surface area contributed by atoms with Gasteiger partial charge in [-0.15, -0.1) is 0 Å². The highest BCUT2D eigenvalue weighted by Gasteiger charge is 2.11. The molecule has 0 aliphatic rings. The van der Waals surface area contributed by atoms with E-state index in [0.717, 1.165) is 0 Å². The second-order valence-corrected chi connectivity index (χ2v) is 4.34. The van der Waals surface area contributed by atoms with Crippen LogP contribution in [-0.4, -0.2) is 9.97 Å². The van der Waals surface area contributed by atoms with Gasteiger partial charge in [0.25, 0.3) is 0 Å². The number of aryl methyl sites for hydroxylation is 1. The monoisotopic (exact) mass is 307 g/mol. The van der Waals surface area contributed by atoms with Gasteiger partial charge in [0.1, 0.15) is 17.5 Å². The summed E-state index contributed by atoms with van der Waals surface area (Å²) < 4.78 is 19.5. The fraction of sp³-hybridized carbons (Fsp3) is 0.0833. The predicted octanol–water partition coefficient (Wildman–Crippen LogP) is 3.35. The zero-order valence-corrected chi connectivity index (χ0v) is 10.9. The molecule has 1 aromatic carbocycles. The van der Waals surface area contributed by atoms with Crippen LogP contribution in [0.4, 0.5) is 4.39 Å². The van der Waals surface area contributed by atoms with Gasteiger partial charge in [-0.05, 0) is 25.1 Å². The van der Waals surface area contributed by atoms with Gasteiger partial charge in [-0.25, -0.2) is 9.37 Å². The van der Waals surface area contributed by atoms with Crippen molar-refractivity contribution in [1.29, 1.82) is 5.26 Å². The first kappa shape index (κ1) is 12.5. The van der Waals surface area contributed by atoms with Crippen LogP contribution in [0.2, 0.25) is 0 Å². The van der Waals surface area contributed by atoms with Gasteiger partial charge in [0.15, 0.2) is 11.6 Å². The molecule has 0 aliphatic heterocycles. The highest BCUT2D eigenvalue weighted by Crippen LogP contribution is 2.27. The van der Waals surface area contributed by atoms with E-state index in [9.17, 15) is 4.39 Å². The van der Waals surface area contributed by atoms with Crippen molar-refractivity contribution < 1.29 is 9.13 Å².